The van der Waals surface area contributed by atoms with Crippen molar-refractivity contribution in [1.29, 1.82) is 0 Å². The first-order valence-electron chi connectivity index (χ1n) is 9.51. The van der Waals surface area contributed by atoms with Gasteiger partial charge in [-0.2, -0.15) is 0 Å². The molecule has 1 aromatic heterocycles. The third kappa shape index (κ3) is 3.47. The van der Waals surface area contributed by atoms with Gasteiger partial charge in [-0.1, -0.05) is 35.5 Å². The molecule has 1 atom stereocenters. The molecule has 4 rings (SSSR count). The molecule has 0 spiro atoms. The smallest absolute Gasteiger partial charge is 0.295 e. The van der Waals surface area contributed by atoms with Gasteiger partial charge >= 0.3 is 0 Å². The summed E-state index contributed by atoms with van der Waals surface area (Å²) in [5.74, 6) is 0.284. The normalized spacial score (nSPS) is 15.4. The first-order chi connectivity index (χ1) is 14.5. The molecule has 8 nitrogen and oxygen atoms in total. The van der Waals surface area contributed by atoms with Gasteiger partial charge in [-0.15, -0.1) is 0 Å². The second-order valence-corrected chi connectivity index (χ2v) is 6.99. The van der Waals surface area contributed by atoms with Crippen molar-refractivity contribution in [3.63, 3.8) is 0 Å². The van der Waals surface area contributed by atoms with Crippen LogP contribution in [0, 0.1) is 6.92 Å². The van der Waals surface area contributed by atoms with Crippen molar-refractivity contribution >= 4 is 17.3 Å². The van der Waals surface area contributed by atoms with E-state index in [1.807, 2.05) is 54.6 Å². The minimum atomic E-state index is -0.810. The van der Waals surface area contributed by atoms with E-state index in [4.69, 9.17) is 9.57 Å². The summed E-state index contributed by atoms with van der Waals surface area (Å²) in [6, 6.07) is 16.7. The summed E-state index contributed by atoms with van der Waals surface area (Å²) in [7, 11) is 3.36. The number of carbonyl (C=O) groups excluding carboxylic acids is 1. The van der Waals surface area contributed by atoms with Gasteiger partial charge in [0.25, 0.3) is 11.5 Å². The molecule has 30 heavy (non-hydrogen) atoms. The summed E-state index contributed by atoms with van der Waals surface area (Å²) in [6.07, 6.45) is -0.506. The lowest BCUT2D eigenvalue weighted by Gasteiger charge is -2.08. The van der Waals surface area contributed by atoms with Crippen LogP contribution in [-0.4, -0.2) is 34.2 Å². The summed E-state index contributed by atoms with van der Waals surface area (Å²) < 4.78 is 8.45. The Morgan fingerprint density at radius 3 is 2.70 bits per heavy atom. The fraction of sp³-hybridized carbons (Fsp3) is 0.227. The van der Waals surface area contributed by atoms with E-state index in [0.29, 0.717) is 29.3 Å². The lowest BCUT2D eigenvalue weighted by atomic mass is 10.0. The molecule has 0 fully saturated rings. The van der Waals surface area contributed by atoms with E-state index in [9.17, 15) is 9.59 Å². The lowest BCUT2D eigenvalue weighted by molar-refractivity contribution is -0.125. The fourth-order valence-corrected chi connectivity index (χ4v) is 3.41. The van der Waals surface area contributed by atoms with Gasteiger partial charge < -0.3 is 14.9 Å². The maximum Gasteiger partial charge on any atom is 0.295 e. The molecule has 1 aliphatic heterocycles. The number of anilines is 1. The van der Waals surface area contributed by atoms with Gasteiger partial charge in [-0.3, -0.25) is 14.3 Å². The Balaban J connectivity index is 1.52. The number of methoxy groups -OCH3 is 1. The van der Waals surface area contributed by atoms with Crippen LogP contribution in [0.15, 0.2) is 64.5 Å². The Morgan fingerprint density at radius 1 is 1.20 bits per heavy atom. The van der Waals surface area contributed by atoms with Gasteiger partial charge in [0.2, 0.25) is 6.10 Å². The molecule has 0 saturated carbocycles. The average molecular weight is 406 g/mol. The van der Waals surface area contributed by atoms with Crippen molar-refractivity contribution in [2.24, 2.45) is 12.2 Å². The van der Waals surface area contributed by atoms with Crippen LogP contribution in [0.25, 0.3) is 5.69 Å². The van der Waals surface area contributed by atoms with E-state index < -0.39 is 12.0 Å². The van der Waals surface area contributed by atoms with Crippen molar-refractivity contribution in [1.82, 2.24) is 9.36 Å². The predicted molar refractivity (Wildman–Crippen MR) is 113 cm³/mol. The molecule has 0 radical (unpaired) electrons. The minimum Gasteiger partial charge on any atom is -0.497 e. The molecule has 0 aliphatic carbocycles. The van der Waals surface area contributed by atoms with Gasteiger partial charge in [-0.25, -0.2) is 4.68 Å². The van der Waals surface area contributed by atoms with Crippen molar-refractivity contribution in [3.8, 4) is 11.4 Å². The molecule has 2 heterocycles. The number of para-hydroxylation sites is 1. The van der Waals surface area contributed by atoms with Crippen LogP contribution in [0.5, 0.6) is 5.75 Å². The molecule has 2 aromatic carbocycles. The molecule has 3 aromatic rings. The molecule has 0 unspecified atom stereocenters. The molecule has 1 amide bonds. The number of rotatable bonds is 5. The van der Waals surface area contributed by atoms with Gasteiger partial charge in [0.05, 0.1) is 24.2 Å². The Hall–Kier alpha value is -3.81. The molecular formula is C22H22N4O4. The van der Waals surface area contributed by atoms with E-state index in [1.54, 1.807) is 25.8 Å². The zero-order valence-electron chi connectivity index (χ0n) is 17.0. The van der Waals surface area contributed by atoms with E-state index in [-0.39, 0.29) is 11.2 Å². The van der Waals surface area contributed by atoms with Crippen molar-refractivity contribution in [2.45, 2.75) is 19.4 Å². The van der Waals surface area contributed by atoms with Crippen molar-refractivity contribution in [3.05, 3.63) is 76.2 Å². The van der Waals surface area contributed by atoms with Crippen LogP contribution in [-0.2, 0) is 16.7 Å². The van der Waals surface area contributed by atoms with Gasteiger partial charge in [0.1, 0.15) is 11.4 Å². The Morgan fingerprint density at radius 2 is 1.97 bits per heavy atom. The number of ether oxygens (including phenoxy) is 1. The lowest BCUT2D eigenvalue weighted by Crippen LogP contribution is -2.30. The Labute approximate surface area is 173 Å². The number of benzene rings is 2. The zero-order chi connectivity index (χ0) is 21.3. The standard InChI is InChI=1S/C22H22N4O4/c1-14-20(22(28)26(25(14)2)16-9-5-4-6-10-16)23-21(27)19-13-18(24-30-19)15-8-7-11-17(12-15)29-3/h4-12,19H,13H2,1-3H3,(H,23,27)/t19-/m1/s1. The highest BCUT2D eigenvalue weighted by Crippen LogP contribution is 2.22. The number of hydrogen-bond acceptors (Lipinski definition) is 5. The Kier molecular flexibility index (Phi) is 5.14. The number of hydrogen-bond donors (Lipinski definition) is 1. The van der Waals surface area contributed by atoms with Crippen LogP contribution >= 0.6 is 0 Å². The SMILES string of the molecule is COc1cccc(C2=NO[C@@H](C(=O)Nc3c(C)n(C)n(-c4ccccc4)c3=O)C2)c1. The number of oxime groups is 1. The highest BCUT2D eigenvalue weighted by molar-refractivity contribution is 6.06. The highest BCUT2D eigenvalue weighted by Gasteiger charge is 2.30. The molecule has 0 bridgehead atoms. The van der Waals surface area contributed by atoms with Crippen LogP contribution in [0.2, 0.25) is 0 Å². The minimum absolute atomic E-state index is 0.227. The van der Waals surface area contributed by atoms with E-state index in [0.717, 1.165) is 5.56 Å². The van der Waals surface area contributed by atoms with Crippen molar-refractivity contribution in [2.75, 3.05) is 12.4 Å². The maximum atomic E-state index is 13.0. The van der Waals surface area contributed by atoms with E-state index >= 15 is 0 Å². The zero-order valence-corrected chi connectivity index (χ0v) is 17.0. The quantitative estimate of drug-likeness (QED) is 0.706. The molecular weight excluding hydrogens is 384 g/mol. The average Bonchev–Trinajstić information content (AvgIpc) is 3.35. The second kappa shape index (κ2) is 7.90. The van der Waals surface area contributed by atoms with Crippen LogP contribution in [0.3, 0.4) is 0 Å². The second-order valence-electron chi connectivity index (χ2n) is 6.99. The molecule has 8 heteroatoms. The Bertz CT molecular complexity index is 1180. The predicted octanol–water partition coefficient (Wildman–Crippen LogP) is 2.62. The maximum absolute atomic E-state index is 13.0. The molecule has 0 saturated heterocycles. The number of nitrogens with one attached hydrogen (secondary N) is 1. The topological polar surface area (TPSA) is 86.8 Å². The summed E-state index contributed by atoms with van der Waals surface area (Å²) in [5, 5.41) is 6.78. The number of carbonyl (C=O) groups is 1. The van der Waals surface area contributed by atoms with Crippen LogP contribution < -0.4 is 15.6 Å². The molecule has 154 valence electrons. The highest BCUT2D eigenvalue weighted by atomic mass is 16.6. The largest absolute Gasteiger partial charge is 0.497 e. The number of nitrogens with zero attached hydrogens (tertiary/aromatic N) is 3. The first-order valence-corrected chi connectivity index (χ1v) is 9.51. The van der Waals surface area contributed by atoms with E-state index in [2.05, 4.69) is 10.5 Å². The molecule has 1 aliphatic rings. The van der Waals surface area contributed by atoms with Crippen molar-refractivity contribution < 1.29 is 14.4 Å². The number of aromatic nitrogens is 2. The fourth-order valence-electron chi connectivity index (χ4n) is 3.41. The first kappa shape index (κ1) is 19.5. The summed E-state index contributed by atoms with van der Waals surface area (Å²) in [6.45, 7) is 1.78. The van der Waals surface area contributed by atoms with Gasteiger partial charge in [-0.05, 0) is 31.2 Å². The monoisotopic (exact) mass is 406 g/mol. The van der Waals surface area contributed by atoms with Gasteiger partial charge in [0.15, 0.2) is 0 Å². The third-order valence-corrected chi connectivity index (χ3v) is 5.17. The summed E-state index contributed by atoms with van der Waals surface area (Å²) >= 11 is 0. The van der Waals surface area contributed by atoms with Gasteiger partial charge in [0, 0.05) is 19.0 Å². The van der Waals surface area contributed by atoms with E-state index in [1.165, 1.54) is 4.68 Å². The van der Waals surface area contributed by atoms with Crippen LogP contribution in [0.4, 0.5) is 5.69 Å². The summed E-state index contributed by atoms with van der Waals surface area (Å²) in [4.78, 5) is 31.1. The van der Waals surface area contributed by atoms with Crippen LogP contribution in [0.1, 0.15) is 17.7 Å². The summed E-state index contributed by atoms with van der Waals surface area (Å²) in [5.41, 5.74) is 2.76. The number of amides is 1. The molecule has 1 N–H and O–H groups in total. The third-order valence-electron chi connectivity index (χ3n) is 5.17.